The van der Waals surface area contributed by atoms with Gasteiger partial charge >= 0.3 is 0 Å². The van der Waals surface area contributed by atoms with Gasteiger partial charge in [0, 0.05) is 30.0 Å². The van der Waals surface area contributed by atoms with E-state index in [4.69, 9.17) is 9.47 Å². The van der Waals surface area contributed by atoms with Crippen molar-refractivity contribution in [3.8, 4) is 11.5 Å². The lowest BCUT2D eigenvalue weighted by Crippen LogP contribution is -2.50. The van der Waals surface area contributed by atoms with E-state index in [1.807, 2.05) is 26.2 Å². The quantitative estimate of drug-likeness (QED) is 0.669. The molecule has 0 saturated carbocycles. The van der Waals surface area contributed by atoms with Crippen LogP contribution in [-0.4, -0.2) is 43.6 Å². The summed E-state index contributed by atoms with van der Waals surface area (Å²) in [6, 6.07) is 4.25. The van der Waals surface area contributed by atoms with E-state index < -0.39 is 6.04 Å². The molecular weight excluding hydrogens is 378 g/mol. The van der Waals surface area contributed by atoms with Gasteiger partial charge in [0.2, 0.25) is 5.91 Å². The largest absolute Gasteiger partial charge is 0.497 e. The van der Waals surface area contributed by atoms with Crippen LogP contribution >= 0.6 is 11.3 Å². The number of hydrogen-bond acceptors (Lipinski definition) is 6. The minimum Gasteiger partial charge on any atom is -0.497 e. The summed E-state index contributed by atoms with van der Waals surface area (Å²) in [5, 5.41) is 8.69. The van der Waals surface area contributed by atoms with Gasteiger partial charge in [-0.1, -0.05) is 13.8 Å². The molecule has 1 aromatic carbocycles. The summed E-state index contributed by atoms with van der Waals surface area (Å²) in [5.74, 6) is 0.367. The standard InChI is InChI=1S/C20H27N3O4S/c1-12(2)18(20(25)21-7-6-15-11-28-13(3)22-15)23-19(24)14-8-16(26-4)10-17(9-14)27-5/h8-12,18H,6-7H2,1-5H3,(H,21,25)(H,23,24). The predicted molar refractivity (Wildman–Crippen MR) is 109 cm³/mol. The zero-order valence-electron chi connectivity index (χ0n) is 16.9. The Hall–Kier alpha value is -2.61. The summed E-state index contributed by atoms with van der Waals surface area (Å²) in [4.78, 5) is 29.7. The van der Waals surface area contributed by atoms with E-state index in [1.165, 1.54) is 14.2 Å². The van der Waals surface area contributed by atoms with Crippen molar-refractivity contribution in [2.45, 2.75) is 33.2 Å². The van der Waals surface area contributed by atoms with Gasteiger partial charge in [-0.3, -0.25) is 9.59 Å². The molecular formula is C20H27N3O4S. The number of carbonyl (C=O) groups is 2. The highest BCUT2D eigenvalue weighted by atomic mass is 32.1. The predicted octanol–water partition coefficient (Wildman–Crippen LogP) is 2.58. The fourth-order valence-corrected chi connectivity index (χ4v) is 3.29. The number of thiazole rings is 1. The van der Waals surface area contributed by atoms with Crippen LogP contribution in [0.5, 0.6) is 11.5 Å². The SMILES string of the molecule is COc1cc(OC)cc(C(=O)NC(C(=O)NCCc2csc(C)n2)C(C)C)c1. The van der Waals surface area contributed by atoms with Crippen LogP contribution in [0, 0.1) is 12.8 Å². The fourth-order valence-electron chi connectivity index (χ4n) is 2.64. The van der Waals surface area contributed by atoms with Crippen molar-refractivity contribution in [2.75, 3.05) is 20.8 Å². The number of ether oxygens (including phenoxy) is 2. The monoisotopic (exact) mass is 405 g/mol. The molecule has 0 aliphatic heterocycles. The number of aromatic nitrogens is 1. The van der Waals surface area contributed by atoms with E-state index in [0.717, 1.165) is 10.7 Å². The van der Waals surface area contributed by atoms with Crippen LogP contribution < -0.4 is 20.1 Å². The summed E-state index contributed by atoms with van der Waals surface area (Å²) in [5.41, 5.74) is 1.32. The Kier molecular flexibility index (Phi) is 7.80. The van der Waals surface area contributed by atoms with Gasteiger partial charge in [-0.2, -0.15) is 0 Å². The van der Waals surface area contributed by atoms with E-state index in [2.05, 4.69) is 15.6 Å². The van der Waals surface area contributed by atoms with Crippen LogP contribution in [0.15, 0.2) is 23.6 Å². The topological polar surface area (TPSA) is 89.5 Å². The first-order chi connectivity index (χ1) is 13.3. The van der Waals surface area contributed by atoms with Crippen LogP contribution in [0.25, 0.3) is 0 Å². The van der Waals surface area contributed by atoms with Gasteiger partial charge in [-0.05, 0) is 25.0 Å². The molecule has 2 N–H and O–H groups in total. The fraction of sp³-hybridized carbons (Fsp3) is 0.450. The molecule has 0 aliphatic carbocycles. The Labute approximate surface area is 169 Å². The van der Waals surface area contributed by atoms with E-state index in [1.54, 1.807) is 29.5 Å². The smallest absolute Gasteiger partial charge is 0.252 e. The molecule has 0 radical (unpaired) electrons. The Balaban J connectivity index is 2.00. The average Bonchev–Trinajstić information content (AvgIpc) is 3.09. The zero-order valence-corrected chi connectivity index (χ0v) is 17.7. The molecule has 7 nitrogen and oxygen atoms in total. The Morgan fingerprint density at radius 1 is 1.14 bits per heavy atom. The highest BCUT2D eigenvalue weighted by Crippen LogP contribution is 2.22. The maximum Gasteiger partial charge on any atom is 0.252 e. The highest BCUT2D eigenvalue weighted by Gasteiger charge is 2.25. The minimum atomic E-state index is -0.651. The van der Waals surface area contributed by atoms with Gasteiger partial charge in [0.15, 0.2) is 0 Å². The lowest BCUT2D eigenvalue weighted by Gasteiger charge is -2.22. The highest BCUT2D eigenvalue weighted by molar-refractivity contribution is 7.09. The van der Waals surface area contributed by atoms with Crippen molar-refractivity contribution in [3.63, 3.8) is 0 Å². The van der Waals surface area contributed by atoms with Gasteiger partial charge in [0.05, 0.1) is 24.9 Å². The van der Waals surface area contributed by atoms with Crippen molar-refractivity contribution in [2.24, 2.45) is 5.92 Å². The van der Waals surface area contributed by atoms with Crippen LogP contribution in [0.1, 0.15) is 34.9 Å². The number of methoxy groups -OCH3 is 2. The maximum absolute atomic E-state index is 12.7. The molecule has 2 rings (SSSR count). The van der Waals surface area contributed by atoms with Crippen LogP contribution in [0.3, 0.4) is 0 Å². The van der Waals surface area contributed by atoms with Gasteiger partial charge in [-0.25, -0.2) is 4.98 Å². The van der Waals surface area contributed by atoms with Crippen molar-refractivity contribution in [3.05, 3.63) is 39.8 Å². The molecule has 0 aliphatic rings. The van der Waals surface area contributed by atoms with Gasteiger partial charge < -0.3 is 20.1 Å². The van der Waals surface area contributed by atoms with Crippen LogP contribution in [0.2, 0.25) is 0 Å². The lowest BCUT2D eigenvalue weighted by atomic mass is 10.0. The van der Waals surface area contributed by atoms with Crippen molar-refractivity contribution in [1.82, 2.24) is 15.6 Å². The molecule has 1 heterocycles. The summed E-state index contributed by atoms with van der Waals surface area (Å²) in [6.45, 7) is 6.19. The Bertz CT molecular complexity index is 797. The van der Waals surface area contributed by atoms with Crippen LogP contribution in [-0.2, 0) is 11.2 Å². The van der Waals surface area contributed by atoms with Crippen molar-refractivity contribution < 1.29 is 19.1 Å². The molecule has 2 amide bonds. The van der Waals surface area contributed by atoms with E-state index in [-0.39, 0.29) is 17.7 Å². The second kappa shape index (κ2) is 10.1. The number of benzene rings is 1. The van der Waals surface area contributed by atoms with E-state index >= 15 is 0 Å². The molecule has 0 fully saturated rings. The minimum absolute atomic E-state index is 0.0713. The lowest BCUT2D eigenvalue weighted by molar-refractivity contribution is -0.123. The number of aryl methyl sites for hydroxylation is 1. The van der Waals surface area contributed by atoms with E-state index in [9.17, 15) is 9.59 Å². The third-order valence-corrected chi connectivity index (χ3v) is 5.02. The Morgan fingerprint density at radius 3 is 2.29 bits per heavy atom. The van der Waals surface area contributed by atoms with Crippen LogP contribution in [0.4, 0.5) is 0 Å². The molecule has 1 atom stereocenters. The first-order valence-corrected chi connectivity index (χ1v) is 9.94. The molecule has 152 valence electrons. The summed E-state index contributed by atoms with van der Waals surface area (Å²) >= 11 is 1.59. The maximum atomic E-state index is 12.7. The molecule has 2 aromatic rings. The van der Waals surface area contributed by atoms with Gasteiger partial charge in [0.1, 0.15) is 17.5 Å². The number of nitrogens with one attached hydrogen (secondary N) is 2. The summed E-state index contributed by atoms with van der Waals surface area (Å²) in [6.07, 6.45) is 0.655. The number of rotatable bonds is 9. The molecule has 8 heteroatoms. The normalized spacial score (nSPS) is 11.8. The molecule has 1 unspecified atom stereocenters. The number of hydrogen-bond donors (Lipinski definition) is 2. The zero-order chi connectivity index (χ0) is 20.7. The molecule has 0 saturated heterocycles. The summed E-state index contributed by atoms with van der Waals surface area (Å²) in [7, 11) is 3.04. The molecule has 28 heavy (non-hydrogen) atoms. The molecule has 0 bridgehead atoms. The van der Waals surface area contributed by atoms with Gasteiger partial charge in [-0.15, -0.1) is 11.3 Å². The third kappa shape index (κ3) is 5.95. The number of nitrogens with zero attached hydrogens (tertiary/aromatic N) is 1. The second-order valence-electron chi connectivity index (χ2n) is 6.70. The van der Waals surface area contributed by atoms with Crippen molar-refractivity contribution >= 4 is 23.2 Å². The first kappa shape index (κ1) is 21.7. The average molecular weight is 406 g/mol. The second-order valence-corrected chi connectivity index (χ2v) is 7.76. The summed E-state index contributed by atoms with van der Waals surface area (Å²) < 4.78 is 10.4. The van der Waals surface area contributed by atoms with E-state index in [0.29, 0.717) is 30.0 Å². The first-order valence-electron chi connectivity index (χ1n) is 9.06. The Morgan fingerprint density at radius 2 is 1.79 bits per heavy atom. The van der Waals surface area contributed by atoms with Crippen molar-refractivity contribution in [1.29, 1.82) is 0 Å². The van der Waals surface area contributed by atoms with Gasteiger partial charge in [0.25, 0.3) is 5.91 Å². The number of amides is 2. The third-order valence-electron chi connectivity index (χ3n) is 4.20. The molecule has 1 aromatic heterocycles. The molecule has 0 spiro atoms. The number of carbonyl (C=O) groups excluding carboxylic acids is 2.